The van der Waals surface area contributed by atoms with Crippen LogP contribution in [0.2, 0.25) is 0 Å². The molecule has 2 rings (SSSR count). The number of fused-ring (bicyclic) bond motifs is 1. The molecule has 3 nitrogen and oxygen atoms in total. The van der Waals surface area contributed by atoms with Crippen LogP contribution in [0.25, 0.3) is 0 Å². The van der Waals surface area contributed by atoms with Crippen molar-refractivity contribution in [2.75, 3.05) is 14.2 Å². The molecule has 1 aromatic carbocycles. The molecule has 0 saturated heterocycles. The lowest BCUT2D eigenvalue weighted by atomic mass is 9.86. The average molecular weight is 221 g/mol. The highest BCUT2D eigenvalue weighted by molar-refractivity contribution is 5.53. The molecule has 0 fully saturated rings. The van der Waals surface area contributed by atoms with Crippen LogP contribution in [0.3, 0.4) is 0 Å². The molecule has 0 aliphatic heterocycles. The summed E-state index contributed by atoms with van der Waals surface area (Å²) in [6, 6.07) is 4.17. The minimum Gasteiger partial charge on any atom is -0.493 e. The van der Waals surface area contributed by atoms with Gasteiger partial charge in [-0.3, -0.25) is 0 Å². The van der Waals surface area contributed by atoms with E-state index in [-0.39, 0.29) is 11.5 Å². The molecule has 1 aliphatic rings. The molecule has 1 atom stereocenters. The first-order valence-corrected chi connectivity index (χ1v) is 5.51. The molecule has 2 N–H and O–H groups in total. The first-order chi connectivity index (χ1) is 7.49. The van der Waals surface area contributed by atoms with Crippen LogP contribution in [-0.2, 0) is 5.41 Å². The van der Waals surface area contributed by atoms with E-state index in [4.69, 9.17) is 15.2 Å². The van der Waals surface area contributed by atoms with E-state index in [1.807, 2.05) is 6.07 Å². The minimum atomic E-state index is 0.102. The summed E-state index contributed by atoms with van der Waals surface area (Å²) in [5.41, 5.74) is 8.72. The first-order valence-electron chi connectivity index (χ1n) is 5.51. The van der Waals surface area contributed by atoms with E-state index in [0.29, 0.717) is 0 Å². The van der Waals surface area contributed by atoms with Crippen molar-refractivity contribution in [3.05, 3.63) is 23.3 Å². The predicted octanol–water partition coefficient (Wildman–Crippen LogP) is 2.38. The SMILES string of the molecule is COc1cc2c(cc1OC)C(C)(C)C[C@H]2N. The average Bonchev–Trinajstić information content (AvgIpc) is 2.47. The number of hydrogen-bond donors (Lipinski definition) is 1. The fourth-order valence-electron chi connectivity index (χ4n) is 2.56. The molecule has 0 radical (unpaired) electrons. The summed E-state index contributed by atoms with van der Waals surface area (Å²) in [6.45, 7) is 4.43. The van der Waals surface area contributed by atoms with Crippen LogP contribution >= 0.6 is 0 Å². The number of methoxy groups -OCH3 is 2. The van der Waals surface area contributed by atoms with Crippen LogP contribution in [0.4, 0.5) is 0 Å². The van der Waals surface area contributed by atoms with Gasteiger partial charge in [-0.05, 0) is 35.1 Å². The van der Waals surface area contributed by atoms with Gasteiger partial charge < -0.3 is 15.2 Å². The van der Waals surface area contributed by atoms with Gasteiger partial charge in [0.2, 0.25) is 0 Å². The van der Waals surface area contributed by atoms with Gasteiger partial charge in [-0.1, -0.05) is 13.8 Å². The topological polar surface area (TPSA) is 44.5 Å². The van der Waals surface area contributed by atoms with Gasteiger partial charge in [0.1, 0.15) is 0 Å². The summed E-state index contributed by atoms with van der Waals surface area (Å²) in [5.74, 6) is 1.54. The number of ether oxygens (including phenoxy) is 2. The molecule has 0 saturated carbocycles. The van der Waals surface area contributed by atoms with E-state index in [1.54, 1.807) is 14.2 Å². The number of benzene rings is 1. The van der Waals surface area contributed by atoms with Gasteiger partial charge >= 0.3 is 0 Å². The molecule has 1 aliphatic carbocycles. The molecule has 88 valence electrons. The fourth-order valence-corrected chi connectivity index (χ4v) is 2.56. The van der Waals surface area contributed by atoms with E-state index in [9.17, 15) is 0 Å². The summed E-state index contributed by atoms with van der Waals surface area (Å²) in [6.07, 6.45) is 0.971. The lowest BCUT2D eigenvalue weighted by Gasteiger charge is -2.20. The first kappa shape index (κ1) is 11.3. The van der Waals surface area contributed by atoms with Crippen molar-refractivity contribution in [2.24, 2.45) is 5.73 Å². The van der Waals surface area contributed by atoms with E-state index >= 15 is 0 Å². The Kier molecular flexibility index (Phi) is 2.58. The van der Waals surface area contributed by atoms with Crippen LogP contribution in [0, 0.1) is 0 Å². The molecule has 0 bridgehead atoms. The minimum absolute atomic E-state index is 0.102. The highest BCUT2D eigenvalue weighted by atomic mass is 16.5. The summed E-state index contributed by atoms with van der Waals surface area (Å²) in [4.78, 5) is 0. The van der Waals surface area contributed by atoms with Gasteiger partial charge in [-0.15, -0.1) is 0 Å². The Morgan fingerprint density at radius 3 is 2.31 bits per heavy atom. The summed E-state index contributed by atoms with van der Waals surface area (Å²) >= 11 is 0. The van der Waals surface area contributed by atoms with Crippen molar-refractivity contribution in [3.63, 3.8) is 0 Å². The Bertz CT molecular complexity index is 413. The fraction of sp³-hybridized carbons (Fsp3) is 0.538. The third kappa shape index (κ3) is 1.55. The number of rotatable bonds is 2. The van der Waals surface area contributed by atoms with Crippen molar-refractivity contribution in [1.29, 1.82) is 0 Å². The second kappa shape index (κ2) is 3.67. The summed E-state index contributed by atoms with van der Waals surface area (Å²) in [7, 11) is 3.31. The Labute approximate surface area is 96.5 Å². The van der Waals surface area contributed by atoms with Crippen molar-refractivity contribution < 1.29 is 9.47 Å². The molecule has 0 amide bonds. The zero-order valence-electron chi connectivity index (χ0n) is 10.3. The normalized spacial score (nSPS) is 21.7. The molecule has 0 spiro atoms. The van der Waals surface area contributed by atoms with Gasteiger partial charge in [0, 0.05) is 6.04 Å². The Morgan fingerprint density at radius 2 is 1.75 bits per heavy atom. The lowest BCUT2D eigenvalue weighted by molar-refractivity contribution is 0.353. The monoisotopic (exact) mass is 221 g/mol. The van der Waals surface area contributed by atoms with Crippen LogP contribution in [-0.4, -0.2) is 14.2 Å². The molecule has 0 heterocycles. The Hall–Kier alpha value is -1.22. The van der Waals surface area contributed by atoms with E-state index < -0.39 is 0 Å². The van der Waals surface area contributed by atoms with Crippen molar-refractivity contribution in [3.8, 4) is 11.5 Å². The van der Waals surface area contributed by atoms with Crippen LogP contribution in [0.1, 0.15) is 37.4 Å². The zero-order chi connectivity index (χ0) is 11.9. The molecule has 0 aromatic heterocycles. The Morgan fingerprint density at radius 1 is 1.19 bits per heavy atom. The number of hydrogen-bond acceptors (Lipinski definition) is 3. The van der Waals surface area contributed by atoms with E-state index in [0.717, 1.165) is 17.9 Å². The van der Waals surface area contributed by atoms with Gasteiger partial charge in [-0.25, -0.2) is 0 Å². The van der Waals surface area contributed by atoms with Crippen LogP contribution in [0.15, 0.2) is 12.1 Å². The van der Waals surface area contributed by atoms with Crippen molar-refractivity contribution in [2.45, 2.75) is 31.7 Å². The van der Waals surface area contributed by atoms with Crippen molar-refractivity contribution >= 4 is 0 Å². The Balaban J connectivity index is 2.59. The maximum absolute atomic E-state index is 6.14. The van der Waals surface area contributed by atoms with Gasteiger partial charge in [0.15, 0.2) is 11.5 Å². The van der Waals surface area contributed by atoms with Gasteiger partial charge in [0.05, 0.1) is 14.2 Å². The smallest absolute Gasteiger partial charge is 0.161 e. The quantitative estimate of drug-likeness (QED) is 0.834. The molecule has 16 heavy (non-hydrogen) atoms. The molecular formula is C13H19NO2. The number of nitrogens with two attached hydrogens (primary N) is 1. The van der Waals surface area contributed by atoms with E-state index in [1.165, 1.54) is 11.1 Å². The molecule has 1 aromatic rings. The largest absolute Gasteiger partial charge is 0.493 e. The highest BCUT2D eigenvalue weighted by Gasteiger charge is 2.36. The lowest BCUT2D eigenvalue weighted by Crippen LogP contribution is -2.14. The maximum atomic E-state index is 6.14. The van der Waals surface area contributed by atoms with Crippen molar-refractivity contribution in [1.82, 2.24) is 0 Å². The third-order valence-corrected chi connectivity index (χ3v) is 3.41. The van der Waals surface area contributed by atoms with Gasteiger partial charge in [-0.2, -0.15) is 0 Å². The summed E-state index contributed by atoms with van der Waals surface area (Å²) < 4.78 is 10.6. The highest BCUT2D eigenvalue weighted by Crippen LogP contribution is 2.47. The second-order valence-electron chi connectivity index (χ2n) is 4.99. The maximum Gasteiger partial charge on any atom is 0.161 e. The van der Waals surface area contributed by atoms with E-state index in [2.05, 4.69) is 19.9 Å². The predicted molar refractivity (Wildman–Crippen MR) is 64.1 cm³/mol. The zero-order valence-corrected chi connectivity index (χ0v) is 10.3. The van der Waals surface area contributed by atoms with Crippen LogP contribution < -0.4 is 15.2 Å². The van der Waals surface area contributed by atoms with Crippen LogP contribution in [0.5, 0.6) is 11.5 Å². The molecule has 0 unspecified atom stereocenters. The molecular weight excluding hydrogens is 202 g/mol. The third-order valence-electron chi connectivity index (χ3n) is 3.41. The molecule has 3 heteroatoms. The summed E-state index contributed by atoms with van der Waals surface area (Å²) in [5, 5.41) is 0. The van der Waals surface area contributed by atoms with Gasteiger partial charge in [0.25, 0.3) is 0 Å². The standard InChI is InChI=1S/C13H19NO2/c1-13(2)7-10(14)8-5-11(15-3)12(16-4)6-9(8)13/h5-6,10H,7,14H2,1-4H3/t10-/m1/s1. The second-order valence-corrected chi connectivity index (χ2v) is 4.99.